The zero-order valence-corrected chi connectivity index (χ0v) is 10.5. The monoisotopic (exact) mass is 242 g/mol. The van der Waals surface area contributed by atoms with E-state index in [1.165, 1.54) is 0 Å². The summed E-state index contributed by atoms with van der Waals surface area (Å²) in [5, 5.41) is 0. The van der Waals surface area contributed by atoms with Gasteiger partial charge in [0, 0.05) is 37.6 Å². The number of hydrogen-bond donors (Lipinski definition) is 2. The largest absolute Gasteiger partial charge is 0.397 e. The zero-order valence-electron chi connectivity index (χ0n) is 10.5. The van der Waals surface area contributed by atoms with Crippen molar-refractivity contribution in [2.24, 2.45) is 0 Å². The summed E-state index contributed by atoms with van der Waals surface area (Å²) < 4.78 is 0. The summed E-state index contributed by atoms with van der Waals surface area (Å²) in [7, 11) is 2.04. The minimum Gasteiger partial charge on any atom is -0.397 e. The molecule has 0 spiro atoms. The average molecular weight is 242 g/mol. The molecular formula is C14H18N4. The van der Waals surface area contributed by atoms with E-state index in [0.717, 1.165) is 24.3 Å². The Kier molecular flexibility index (Phi) is 3.67. The lowest BCUT2D eigenvalue weighted by Crippen LogP contribution is -2.20. The predicted molar refractivity (Wildman–Crippen MR) is 76.5 cm³/mol. The van der Waals surface area contributed by atoms with Crippen LogP contribution in [0.25, 0.3) is 0 Å². The van der Waals surface area contributed by atoms with Crippen LogP contribution in [-0.2, 0) is 6.42 Å². The molecule has 0 saturated carbocycles. The highest BCUT2D eigenvalue weighted by Gasteiger charge is 2.03. The number of rotatable bonds is 4. The van der Waals surface area contributed by atoms with Gasteiger partial charge < -0.3 is 16.4 Å². The maximum Gasteiger partial charge on any atom is 0.0568 e. The highest BCUT2D eigenvalue weighted by molar-refractivity contribution is 5.69. The first-order valence-corrected chi connectivity index (χ1v) is 5.93. The molecule has 1 aromatic heterocycles. The lowest BCUT2D eigenvalue weighted by molar-refractivity contribution is 0.853. The third kappa shape index (κ3) is 2.91. The fourth-order valence-corrected chi connectivity index (χ4v) is 1.76. The molecule has 0 aliphatic rings. The van der Waals surface area contributed by atoms with Gasteiger partial charge in [-0.2, -0.15) is 0 Å². The number of nitrogens with two attached hydrogens (primary N) is 2. The van der Waals surface area contributed by atoms with E-state index in [-0.39, 0.29) is 0 Å². The minimum absolute atomic E-state index is 0.622. The summed E-state index contributed by atoms with van der Waals surface area (Å²) in [6, 6.07) is 11.7. The van der Waals surface area contributed by atoms with Crippen LogP contribution in [0, 0.1) is 0 Å². The number of anilines is 3. The van der Waals surface area contributed by atoms with Crippen molar-refractivity contribution in [3.8, 4) is 0 Å². The molecule has 4 heteroatoms. The van der Waals surface area contributed by atoms with E-state index in [4.69, 9.17) is 11.5 Å². The van der Waals surface area contributed by atoms with E-state index in [9.17, 15) is 0 Å². The van der Waals surface area contributed by atoms with Crippen molar-refractivity contribution in [3.63, 3.8) is 0 Å². The molecule has 0 saturated heterocycles. The highest BCUT2D eigenvalue weighted by atomic mass is 15.1. The summed E-state index contributed by atoms with van der Waals surface area (Å²) in [6.45, 7) is 0.889. The molecular weight excluding hydrogens is 224 g/mol. The van der Waals surface area contributed by atoms with Gasteiger partial charge in [-0.1, -0.05) is 6.07 Å². The third-order valence-corrected chi connectivity index (χ3v) is 2.94. The second kappa shape index (κ2) is 5.40. The van der Waals surface area contributed by atoms with Crippen molar-refractivity contribution in [3.05, 3.63) is 48.3 Å². The minimum atomic E-state index is 0.622. The summed E-state index contributed by atoms with van der Waals surface area (Å²) >= 11 is 0. The first-order valence-electron chi connectivity index (χ1n) is 5.93. The van der Waals surface area contributed by atoms with Gasteiger partial charge in [0.1, 0.15) is 0 Å². The maximum atomic E-state index is 5.80. The quantitative estimate of drug-likeness (QED) is 0.804. The number of pyridine rings is 1. The van der Waals surface area contributed by atoms with E-state index in [2.05, 4.69) is 9.88 Å². The molecule has 4 nitrogen and oxygen atoms in total. The van der Waals surface area contributed by atoms with Crippen molar-refractivity contribution in [1.82, 2.24) is 4.98 Å². The highest BCUT2D eigenvalue weighted by Crippen LogP contribution is 2.22. The number of nitrogens with zero attached hydrogens (tertiary/aromatic N) is 2. The van der Waals surface area contributed by atoms with Crippen LogP contribution in [0.1, 0.15) is 5.69 Å². The van der Waals surface area contributed by atoms with Gasteiger partial charge in [0.25, 0.3) is 0 Å². The Morgan fingerprint density at radius 3 is 2.61 bits per heavy atom. The van der Waals surface area contributed by atoms with Gasteiger partial charge >= 0.3 is 0 Å². The lowest BCUT2D eigenvalue weighted by Gasteiger charge is -2.19. The van der Waals surface area contributed by atoms with Crippen LogP contribution in [-0.4, -0.2) is 18.6 Å². The zero-order chi connectivity index (χ0) is 13.0. The van der Waals surface area contributed by atoms with Crippen molar-refractivity contribution in [2.75, 3.05) is 30.0 Å². The van der Waals surface area contributed by atoms with Gasteiger partial charge in [0.15, 0.2) is 0 Å². The van der Waals surface area contributed by atoms with Gasteiger partial charge in [-0.3, -0.25) is 4.98 Å². The molecule has 18 heavy (non-hydrogen) atoms. The Hall–Kier alpha value is -2.23. The number of aromatic nitrogens is 1. The van der Waals surface area contributed by atoms with Crippen LogP contribution in [0.15, 0.2) is 42.6 Å². The lowest BCUT2D eigenvalue weighted by atomic mass is 10.2. The SMILES string of the molecule is CN(CCc1ccccn1)c1ccc(N)c(N)c1. The van der Waals surface area contributed by atoms with E-state index in [0.29, 0.717) is 11.4 Å². The molecule has 4 N–H and O–H groups in total. The fraction of sp³-hybridized carbons (Fsp3) is 0.214. The van der Waals surface area contributed by atoms with Gasteiger partial charge in [-0.05, 0) is 30.3 Å². The molecule has 0 aliphatic carbocycles. The average Bonchev–Trinajstić information content (AvgIpc) is 2.40. The smallest absolute Gasteiger partial charge is 0.0568 e. The Morgan fingerprint density at radius 2 is 1.94 bits per heavy atom. The van der Waals surface area contributed by atoms with Crippen LogP contribution in [0.2, 0.25) is 0 Å². The van der Waals surface area contributed by atoms with Crippen LogP contribution in [0.4, 0.5) is 17.1 Å². The number of nitrogen functional groups attached to an aromatic ring is 2. The molecule has 0 radical (unpaired) electrons. The molecule has 2 rings (SSSR count). The topological polar surface area (TPSA) is 68.2 Å². The van der Waals surface area contributed by atoms with Crippen molar-refractivity contribution in [1.29, 1.82) is 0 Å². The number of likely N-dealkylation sites (N-methyl/N-ethyl adjacent to an activating group) is 1. The fourth-order valence-electron chi connectivity index (χ4n) is 1.76. The van der Waals surface area contributed by atoms with E-state index in [1.807, 2.05) is 49.6 Å². The van der Waals surface area contributed by atoms with Crippen LogP contribution >= 0.6 is 0 Å². The standard InChI is InChI=1S/C14H18N4/c1-18(9-7-11-4-2-3-8-17-11)12-5-6-13(15)14(16)10-12/h2-6,8,10H,7,9,15-16H2,1H3. The molecule has 0 atom stereocenters. The van der Waals surface area contributed by atoms with Crippen LogP contribution in [0.3, 0.4) is 0 Å². The first kappa shape index (κ1) is 12.2. The third-order valence-electron chi connectivity index (χ3n) is 2.94. The molecule has 0 bridgehead atoms. The molecule has 0 amide bonds. The molecule has 94 valence electrons. The second-order valence-electron chi connectivity index (χ2n) is 4.31. The molecule has 0 aliphatic heterocycles. The van der Waals surface area contributed by atoms with E-state index >= 15 is 0 Å². The molecule has 1 heterocycles. The molecule has 2 aromatic rings. The summed E-state index contributed by atoms with van der Waals surface area (Å²) in [6.07, 6.45) is 2.72. The van der Waals surface area contributed by atoms with Crippen LogP contribution in [0.5, 0.6) is 0 Å². The normalized spacial score (nSPS) is 10.3. The van der Waals surface area contributed by atoms with E-state index < -0.39 is 0 Å². The van der Waals surface area contributed by atoms with Gasteiger partial charge in [-0.15, -0.1) is 0 Å². The summed E-state index contributed by atoms with van der Waals surface area (Å²) in [4.78, 5) is 6.45. The first-order chi connectivity index (χ1) is 8.66. The van der Waals surface area contributed by atoms with Crippen molar-refractivity contribution >= 4 is 17.1 Å². The summed E-state index contributed by atoms with van der Waals surface area (Å²) in [5.41, 5.74) is 14.9. The Bertz CT molecular complexity index is 510. The Labute approximate surface area is 107 Å². The Morgan fingerprint density at radius 1 is 1.11 bits per heavy atom. The van der Waals surface area contributed by atoms with Gasteiger partial charge in [0.05, 0.1) is 11.4 Å². The number of hydrogen-bond acceptors (Lipinski definition) is 4. The molecule has 1 aromatic carbocycles. The molecule has 0 fully saturated rings. The number of benzene rings is 1. The van der Waals surface area contributed by atoms with Gasteiger partial charge in [-0.25, -0.2) is 0 Å². The van der Waals surface area contributed by atoms with Crippen LogP contribution < -0.4 is 16.4 Å². The molecule has 0 unspecified atom stereocenters. The van der Waals surface area contributed by atoms with Crippen molar-refractivity contribution < 1.29 is 0 Å². The maximum absolute atomic E-state index is 5.80. The van der Waals surface area contributed by atoms with Crippen molar-refractivity contribution in [2.45, 2.75) is 6.42 Å². The summed E-state index contributed by atoms with van der Waals surface area (Å²) in [5.74, 6) is 0. The predicted octanol–water partition coefficient (Wildman–Crippen LogP) is 1.92. The van der Waals surface area contributed by atoms with Gasteiger partial charge in [0.2, 0.25) is 0 Å². The Balaban J connectivity index is 1.99. The van der Waals surface area contributed by atoms with E-state index in [1.54, 1.807) is 0 Å². The second-order valence-corrected chi connectivity index (χ2v) is 4.31.